The van der Waals surface area contributed by atoms with E-state index in [4.69, 9.17) is 0 Å². The maximum absolute atomic E-state index is 3.31. The van der Waals surface area contributed by atoms with E-state index in [-0.39, 0.29) is 0 Å². The van der Waals surface area contributed by atoms with E-state index < -0.39 is 17.4 Å². The Labute approximate surface area is 185 Å². The summed E-state index contributed by atoms with van der Waals surface area (Å²) in [6.45, 7) is 14.2. The predicted molar refractivity (Wildman–Crippen MR) is 133 cm³/mol. The third-order valence-corrected chi connectivity index (χ3v) is 25.4. The van der Waals surface area contributed by atoms with Gasteiger partial charge in [0.1, 0.15) is 0 Å². The predicted octanol–water partition coefficient (Wildman–Crippen LogP) is 7.33. The van der Waals surface area contributed by atoms with E-state index in [1.54, 1.807) is 22.3 Å². The molecular weight excluding hydrogens is 456 g/mol. The summed E-state index contributed by atoms with van der Waals surface area (Å²) in [5.74, 6) is 0.594. The molecular formula is C28H36SiZr. The van der Waals surface area contributed by atoms with Gasteiger partial charge in [-0.1, -0.05) is 0 Å². The summed E-state index contributed by atoms with van der Waals surface area (Å²) < 4.78 is 7.78. The molecule has 0 bridgehead atoms. The summed E-state index contributed by atoms with van der Waals surface area (Å²) in [7, 11) is 0. The van der Waals surface area contributed by atoms with E-state index >= 15 is 0 Å². The zero-order valence-electron chi connectivity index (χ0n) is 19.8. The second-order valence-corrected chi connectivity index (χ2v) is 40.1. The van der Waals surface area contributed by atoms with Crippen LogP contribution in [0.3, 0.4) is 0 Å². The molecule has 156 valence electrons. The van der Waals surface area contributed by atoms with Crippen molar-refractivity contribution in [2.75, 3.05) is 0 Å². The fourth-order valence-electron chi connectivity index (χ4n) is 6.16. The van der Waals surface area contributed by atoms with E-state index in [1.807, 2.05) is 3.28 Å². The van der Waals surface area contributed by atoms with Gasteiger partial charge in [-0.25, -0.2) is 0 Å². The Balaban J connectivity index is 1.90. The van der Waals surface area contributed by atoms with Crippen LogP contribution in [0.2, 0.25) is 9.26 Å². The van der Waals surface area contributed by atoms with E-state index in [0.717, 1.165) is 6.42 Å². The average Bonchev–Trinajstić information content (AvgIpc) is 3.21. The van der Waals surface area contributed by atoms with E-state index in [2.05, 4.69) is 105 Å². The van der Waals surface area contributed by atoms with Crippen molar-refractivity contribution in [3.63, 3.8) is 0 Å². The number of hydrogen-bond acceptors (Lipinski definition) is 0. The molecule has 0 aliphatic heterocycles. The van der Waals surface area contributed by atoms with Crippen LogP contribution in [0.25, 0.3) is 5.57 Å². The van der Waals surface area contributed by atoms with Gasteiger partial charge in [-0.2, -0.15) is 0 Å². The first-order valence-electron chi connectivity index (χ1n) is 11.4. The number of hydrogen-bond donors (Lipinski definition) is 0. The van der Waals surface area contributed by atoms with Crippen LogP contribution >= 0.6 is 0 Å². The van der Waals surface area contributed by atoms with Crippen LogP contribution in [-0.2, 0) is 23.8 Å². The molecule has 2 heteroatoms. The summed E-state index contributed by atoms with van der Waals surface area (Å²) in [4.78, 5) is 0. The molecule has 0 nitrogen and oxygen atoms in total. The topological polar surface area (TPSA) is 0 Å². The van der Waals surface area contributed by atoms with Crippen molar-refractivity contribution in [1.82, 2.24) is 0 Å². The second kappa shape index (κ2) is 7.42. The SMILES string of the molecule is CCc1ccc(C2=C[CH]([Zr]([CH3])([CH3])(=[SiH2])[C]3=C(C)C(C)=C(C)C3C)c3ccccc32)cc1. The van der Waals surface area contributed by atoms with Gasteiger partial charge < -0.3 is 0 Å². The fourth-order valence-corrected chi connectivity index (χ4v) is 24.7. The Hall–Kier alpha value is -1.24. The van der Waals surface area contributed by atoms with Crippen LogP contribution < -0.4 is 0 Å². The number of fused-ring (bicyclic) bond motifs is 1. The second-order valence-electron chi connectivity index (χ2n) is 10.6. The standard InChI is InChI=1S/C17H15.C9H13.2CH3.H2Si.Zr/c1-2-13-7-9-15(10-8-13)17-12-11-14-5-3-4-6-16(14)17;1-6-5-7(2)9(4)8(6)3;;;;/h3-12H,2H2,1H3;6H,1-4H3;2*1H3;1H2;. The molecule has 30 heavy (non-hydrogen) atoms. The van der Waals surface area contributed by atoms with Crippen molar-refractivity contribution < 1.29 is 17.4 Å². The molecule has 0 fully saturated rings. The van der Waals surface area contributed by atoms with Gasteiger partial charge in [-0.15, -0.1) is 0 Å². The first-order valence-corrected chi connectivity index (χ1v) is 24.9. The van der Waals surface area contributed by atoms with Gasteiger partial charge in [-0.05, 0) is 0 Å². The number of benzene rings is 2. The minimum atomic E-state index is -3.31. The van der Waals surface area contributed by atoms with Gasteiger partial charge in [0, 0.05) is 0 Å². The van der Waals surface area contributed by atoms with Crippen LogP contribution in [0.4, 0.5) is 0 Å². The summed E-state index contributed by atoms with van der Waals surface area (Å²) in [5, 5.41) is 0. The molecule has 2 aliphatic rings. The molecule has 4 rings (SSSR count). The first-order chi connectivity index (χ1) is 14.0. The van der Waals surface area contributed by atoms with Crippen LogP contribution in [0.1, 0.15) is 60.5 Å². The first kappa shape index (κ1) is 22.0. The van der Waals surface area contributed by atoms with Crippen LogP contribution in [0.15, 0.2) is 74.6 Å². The van der Waals surface area contributed by atoms with Crippen LogP contribution in [0, 0.1) is 5.92 Å². The molecule has 2 atom stereocenters. The van der Waals surface area contributed by atoms with Crippen LogP contribution in [-0.4, -0.2) is 6.88 Å². The third kappa shape index (κ3) is 3.26. The van der Waals surface area contributed by atoms with E-state index in [0.29, 0.717) is 9.54 Å². The number of allylic oxidation sites excluding steroid dienone is 5. The Morgan fingerprint density at radius 2 is 1.53 bits per heavy atom. The fraction of sp³-hybridized carbons (Fsp3) is 0.357. The molecule has 2 aromatic rings. The summed E-state index contributed by atoms with van der Waals surface area (Å²) in [5.41, 5.74) is 12.0. The van der Waals surface area contributed by atoms with Crippen molar-refractivity contribution >= 4 is 12.5 Å². The van der Waals surface area contributed by atoms with Crippen molar-refractivity contribution in [3.8, 4) is 0 Å². The molecule has 0 N–H and O–H groups in total. The molecule has 0 saturated carbocycles. The normalized spacial score (nSPS) is 21.9. The van der Waals surface area contributed by atoms with E-state index in [9.17, 15) is 0 Å². The Morgan fingerprint density at radius 1 is 0.900 bits per heavy atom. The Bertz CT molecular complexity index is 1180. The Morgan fingerprint density at radius 3 is 2.10 bits per heavy atom. The molecule has 0 aromatic heterocycles. The van der Waals surface area contributed by atoms with Crippen molar-refractivity contribution in [2.24, 2.45) is 5.92 Å². The maximum atomic E-state index is 2.70. The van der Waals surface area contributed by atoms with Gasteiger partial charge in [0.05, 0.1) is 0 Å². The molecule has 2 aliphatic carbocycles. The molecule has 0 spiro atoms. The van der Waals surface area contributed by atoms with Crippen molar-refractivity contribution in [3.05, 3.63) is 96.9 Å². The zero-order valence-corrected chi connectivity index (χ0v) is 23.6. The quantitative estimate of drug-likeness (QED) is 0.393. The molecule has 0 radical (unpaired) electrons. The zero-order chi connectivity index (χ0) is 21.9. The Kier molecular flexibility index (Phi) is 5.43. The third-order valence-electron chi connectivity index (χ3n) is 8.12. The molecule has 2 unspecified atom stereocenters. The number of aryl methyl sites for hydroxylation is 1. The summed E-state index contributed by atoms with van der Waals surface area (Å²) in [6.07, 6.45) is 3.75. The average molecular weight is 492 g/mol. The minimum absolute atomic E-state index is 0.563. The number of rotatable bonds is 4. The summed E-state index contributed by atoms with van der Waals surface area (Å²) >= 11 is -3.31. The van der Waals surface area contributed by atoms with Gasteiger partial charge >= 0.3 is 187 Å². The van der Waals surface area contributed by atoms with Gasteiger partial charge in [0.2, 0.25) is 0 Å². The van der Waals surface area contributed by atoms with Gasteiger partial charge in [-0.3, -0.25) is 0 Å². The molecule has 2 aromatic carbocycles. The molecule has 0 saturated heterocycles. The van der Waals surface area contributed by atoms with Gasteiger partial charge in [0.25, 0.3) is 0 Å². The summed E-state index contributed by atoms with van der Waals surface area (Å²) in [6, 6.07) is 18.5. The van der Waals surface area contributed by atoms with Crippen molar-refractivity contribution in [1.29, 1.82) is 0 Å². The molecule has 0 amide bonds. The monoisotopic (exact) mass is 490 g/mol. The van der Waals surface area contributed by atoms with Crippen molar-refractivity contribution in [2.45, 2.75) is 53.9 Å². The molecule has 0 heterocycles. The van der Waals surface area contributed by atoms with Crippen LogP contribution in [0.5, 0.6) is 0 Å². The van der Waals surface area contributed by atoms with Gasteiger partial charge in [0.15, 0.2) is 0 Å². The van der Waals surface area contributed by atoms with E-state index in [1.165, 1.54) is 22.3 Å².